The molecule has 4 rings (SSSR count). The monoisotopic (exact) mass is 464 g/mol. The number of aromatic nitrogens is 4. The first kappa shape index (κ1) is 23.7. The van der Waals surface area contributed by atoms with Crippen molar-refractivity contribution in [2.24, 2.45) is 18.9 Å². The topological polar surface area (TPSA) is 115 Å². The van der Waals surface area contributed by atoms with Gasteiger partial charge in [0.25, 0.3) is 5.91 Å². The molecule has 2 N–H and O–H groups in total. The van der Waals surface area contributed by atoms with Crippen molar-refractivity contribution in [3.8, 4) is 11.3 Å². The molecule has 1 aliphatic rings. The third-order valence-electron chi connectivity index (χ3n) is 6.73. The van der Waals surface area contributed by atoms with Gasteiger partial charge >= 0.3 is 0 Å². The van der Waals surface area contributed by atoms with Gasteiger partial charge in [-0.2, -0.15) is 5.10 Å². The quantitative estimate of drug-likeness (QED) is 0.548. The lowest BCUT2D eigenvalue weighted by atomic mass is 9.79. The second-order valence-corrected chi connectivity index (χ2v) is 9.22. The lowest BCUT2D eigenvalue weighted by molar-refractivity contribution is -0.119. The summed E-state index contributed by atoms with van der Waals surface area (Å²) >= 11 is 0. The van der Waals surface area contributed by atoms with E-state index in [1.807, 2.05) is 33.2 Å². The van der Waals surface area contributed by atoms with Gasteiger partial charge in [0, 0.05) is 18.8 Å². The van der Waals surface area contributed by atoms with Gasteiger partial charge in [-0.1, -0.05) is 31.8 Å². The molecule has 0 aliphatic heterocycles. The number of aryl methyl sites for hydroxylation is 3. The number of carbonyl (C=O) groups excluding carboxylic acids is 2. The van der Waals surface area contributed by atoms with Gasteiger partial charge in [-0.3, -0.25) is 14.3 Å². The molecule has 9 heteroatoms. The molecule has 1 unspecified atom stereocenters. The molecule has 3 aromatic rings. The fourth-order valence-corrected chi connectivity index (χ4v) is 4.71. The zero-order valence-electron chi connectivity index (χ0n) is 20.2. The summed E-state index contributed by atoms with van der Waals surface area (Å²) in [6.07, 6.45) is 9.29. The van der Waals surface area contributed by atoms with Crippen LogP contribution in [0.3, 0.4) is 0 Å². The Morgan fingerprint density at radius 2 is 1.97 bits per heavy atom. The van der Waals surface area contributed by atoms with Crippen LogP contribution in [0, 0.1) is 18.8 Å². The Balaban J connectivity index is 1.51. The van der Waals surface area contributed by atoms with E-state index in [1.54, 1.807) is 16.9 Å². The molecule has 34 heavy (non-hydrogen) atoms. The number of hydrogen-bond donors (Lipinski definition) is 2. The highest BCUT2D eigenvalue weighted by Gasteiger charge is 2.33. The summed E-state index contributed by atoms with van der Waals surface area (Å²) in [6.45, 7) is 6.13. The summed E-state index contributed by atoms with van der Waals surface area (Å²) in [7, 11) is 1.88. The first-order valence-electron chi connectivity index (χ1n) is 11.9. The largest absolute Gasteiger partial charge is 0.364 e. The molecular weight excluding hydrogens is 432 g/mol. The fraction of sp³-hybridized carbons (Fsp3) is 0.480. The third kappa shape index (κ3) is 5.03. The van der Waals surface area contributed by atoms with Crippen molar-refractivity contribution in [3.05, 3.63) is 47.6 Å². The lowest BCUT2D eigenvalue weighted by Crippen LogP contribution is -2.49. The van der Waals surface area contributed by atoms with Gasteiger partial charge in [-0.25, -0.2) is 4.98 Å². The van der Waals surface area contributed by atoms with Crippen LogP contribution in [0.2, 0.25) is 0 Å². The van der Waals surface area contributed by atoms with E-state index < -0.39 is 6.04 Å². The number of hydrogen-bond acceptors (Lipinski definition) is 6. The zero-order chi connectivity index (χ0) is 24.2. The van der Waals surface area contributed by atoms with Crippen molar-refractivity contribution in [1.82, 2.24) is 25.2 Å². The number of rotatable bonds is 7. The number of anilines is 1. The molecule has 180 valence electrons. The SMILES string of the molecule is CCc1nocc1C(=O)NC(C(=O)Nc1ccc(-c2c(C)cnn2C)cn1)C1CCC(C)CC1. The van der Waals surface area contributed by atoms with E-state index in [4.69, 9.17) is 4.52 Å². The predicted octanol–water partition coefficient (Wildman–Crippen LogP) is 3.90. The zero-order valence-corrected chi connectivity index (χ0v) is 20.2. The van der Waals surface area contributed by atoms with Crippen LogP contribution in [-0.4, -0.2) is 37.8 Å². The van der Waals surface area contributed by atoms with E-state index in [9.17, 15) is 9.59 Å². The standard InChI is InChI=1S/C25H32N6O3/c1-5-20-19(14-34-30-20)24(32)29-22(17-8-6-15(2)7-9-17)25(33)28-21-11-10-18(13-26-21)23-16(3)12-27-31(23)4/h10-15,17,22H,5-9H2,1-4H3,(H,29,32)(H,26,28,33). The van der Waals surface area contributed by atoms with E-state index in [-0.39, 0.29) is 17.7 Å². The first-order chi connectivity index (χ1) is 16.4. The molecule has 1 aliphatic carbocycles. The van der Waals surface area contributed by atoms with Crippen LogP contribution in [0.4, 0.5) is 5.82 Å². The highest BCUT2D eigenvalue weighted by Crippen LogP contribution is 2.31. The Hall–Kier alpha value is -3.49. The second kappa shape index (κ2) is 10.2. The molecule has 0 spiro atoms. The van der Waals surface area contributed by atoms with Crippen LogP contribution < -0.4 is 10.6 Å². The summed E-state index contributed by atoms with van der Waals surface area (Å²) < 4.78 is 6.79. The third-order valence-corrected chi connectivity index (χ3v) is 6.73. The van der Waals surface area contributed by atoms with Gasteiger partial charge in [-0.05, 0) is 55.7 Å². The molecule has 9 nitrogen and oxygen atoms in total. The molecule has 3 aromatic heterocycles. The summed E-state index contributed by atoms with van der Waals surface area (Å²) in [4.78, 5) is 30.8. The van der Waals surface area contributed by atoms with Crippen LogP contribution in [-0.2, 0) is 18.3 Å². The molecule has 1 atom stereocenters. The number of pyridine rings is 1. The average Bonchev–Trinajstić information content (AvgIpc) is 3.45. The van der Waals surface area contributed by atoms with Crippen molar-refractivity contribution in [2.75, 3.05) is 5.32 Å². The second-order valence-electron chi connectivity index (χ2n) is 9.22. The van der Waals surface area contributed by atoms with Crippen molar-refractivity contribution in [2.45, 2.75) is 58.9 Å². The highest BCUT2D eigenvalue weighted by atomic mass is 16.5. The molecular formula is C25H32N6O3. The predicted molar refractivity (Wildman–Crippen MR) is 128 cm³/mol. The normalized spacial score (nSPS) is 18.9. The summed E-state index contributed by atoms with van der Waals surface area (Å²) in [5.74, 6) is 0.522. The molecule has 0 bridgehead atoms. The number of nitrogens with one attached hydrogen (secondary N) is 2. The van der Waals surface area contributed by atoms with Crippen molar-refractivity contribution in [3.63, 3.8) is 0 Å². The highest BCUT2D eigenvalue weighted by molar-refractivity contribution is 6.01. The van der Waals surface area contributed by atoms with E-state index >= 15 is 0 Å². The van der Waals surface area contributed by atoms with Crippen LogP contribution in [0.5, 0.6) is 0 Å². The van der Waals surface area contributed by atoms with Gasteiger partial charge in [0.1, 0.15) is 23.7 Å². The summed E-state index contributed by atoms with van der Waals surface area (Å²) in [5, 5.41) is 14.0. The first-order valence-corrected chi connectivity index (χ1v) is 11.9. The summed E-state index contributed by atoms with van der Waals surface area (Å²) in [6, 6.07) is 3.02. The molecule has 3 heterocycles. The van der Waals surface area contributed by atoms with Crippen LogP contribution >= 0.6 is 0 Å². The smallest absolute Gasteiger partial charge is 0.257 e. The average molecular weight is 465 g/mol. The van der Waals surface area contributed by atoms with Gasteiger partial charge < -0.3 is 15.2 Å². The van der Waals surface area contributed by atoms with Crippen LogP contribution in [0.15, 0.2) is 35.3 Å². The van der Waals surface area contributed by atoms with Crippen molar-refractivity contribution < 1.29 is 14.1 Å². The molecule has 2 amide bonds. The van der Waals surface area contributed by atoms with Gasteiger partial charge in [0.15, 0.2) is 0 Å². The fourth-order valence-electron chi connectivity index (χ4n) is 4.71. The maximum atomic E-state index is 13.4. The Morgan fingerprint density at radius 3 is 2.59 bits per heavy atom. The summed E-state index contributed by atoms with van der Waals surface area (Å²) in [5.41, 5.74) is 3.90. The maximum absolute atomic E-state index is 13.4. The Labute approximate surface area is 199 Å². The maximum Gasteiger partial charge on any atom is 0.257 e. The van der Waals surface area contributed by atoms with E-state index in [1.165, 1.54) is 6.26 Å². The molecule has 1 saturated carbocycles. The Kier molecular flexibility index (Phi) is 7.09. The van der Waals surface area contributed by atoms with Gasteiger partial charge in [0.2, 0.25) is 5.91 Å². The lowest BCUT2D eigenvalue weighted by Gasteiger charge is -2.32. The van der Waals surface area contributed by atoms with Gasteiger partial charge in [-0.15, -0.1) is 0 Å². The van der Waals surface area contributed by atoms with Crippen molar-refractivity contribution in [1.29, 1.82) is 0 Å². The molecule has 0 saturated heterocycles. The minimum Gasteiger partial charge on any atom is -0.364 e. The number of carbonyl (C=O) groups is 2. The van der Waals surface area contributed by atoms with Crippen molar-refractivity contribution >= 4 is 17.6 Å². The molecule has 0 aromatic carbocycles. The van der Waals surface area contributed by atoms with Gasteiger partial charge in [0.05, 0.1) is 17.6 Å². The Bertz CT molecular complexity index is 1120. The number of amides is 2. The Morgan fingerprint density at radius 1 is 1.21 bits per heavy atom. The number of nitrogens with zero attached hydrogens (tertiary/aromatic N) is 4. The minimum absolute atomic E-state index is 0.0569. The molecule has 1 fully saturated rings. The van der Waals surface area contributed by atoms with E-state index in [0.717, 1.165) is 42.5 Å². The van der Waals surface area contributed by atoms with E-state index in [0.29, 0.717) is 29.4 Å². The minimum atomic E-state index is -0.666. The molecule has 0 radical (unpaired) electrons. The van der Waals surface area contributed by atoms with Crippen LogP contribution in [0.1, 0.15) is 61.1 Å². The van der Waals surface area contributed by atoms with E-state index in [2.05, 4.69) is 32.8 Å². The van der Waals surface area contributed by atoms with Crippen LogP contribution in [0.25, 0.3) is 11.3 Å².